The Morgan fingerprint density at radius 2 is 1.97 bits per heavy atom. The second-order valence-electron chi connectivity index (χ2n) is 8.24. The minimum absolute atomic E-state index is 0.0441. The van der Waals surface area contributed by atoms with Crippen LogP contribution in [0.1, 0.15) is 5.82 Å². The van der Waals surface area contributed by atoms with Gasteiger partial charge < -0.3 is 20.1 Å². The zero-order chi connectivity index (χ0) is 24.3. The number of nitrogens with zero attached hydrogens (tertiary/aromatic N) is 6. The first-order valence-corrected chi connectivity index (χ1v) is 10.8. The van der Waals surface area contributed by atoms with Crippen LogP contribution < -0.4 is 20.1 Å². The van der Waals surface area contributed by atoms with Crippen LogP contribution in [0, 0.1) is 5.82 Å². The maximum absolute atomic E-state index is 13.5. The Morgan fingerprint density at radius 1 is 1.11 bits per heavy atom. The van der Waals surface area contributed by atoms with Crippen LogP contribution in [0.5, 0.6) is 11.5 Å². The molecule has 180 valence electrons. The number of ether oxygens (including phenoxy) is 2. The number of aromatic nitrogens is 4. The molecule has 2 aromatic carbocycles. The van der Waals surface area contributed by atoms with Crippen molar-refractivity contribution >= 4 is 34.1 Å². The molecule has 1 fully saturated rings. The van der Waals surface area contributed by atoms with E-state index in [2.05, 4.69) is 24.5 Å². The number of nitrogen functional groups attached to an aromatic ring is 1. The fourth-order valence-corrected chi connectivity index (χ4v) is 4.34. The van der Waals surface area contributed by atoms with Crippen LogP contribution in [0.2, 0.25) is 0 Å². The summed E-state index contributed by atoms with van der Waals surface area (Å²) in [7, 11) is 0. The summed E-state index contributed by atoms with van der Waals surface area (Å²) in [6.07, 6.45) is -3.37. The van der Waals surface area contributed by atoms with E-state index in [1.807, 2.05) is 4.90 Å². The molecule has 2 aliphatic rings. The van der Waals surface area contributed by atoms with Crippen molar-refractivity contribution in [1.82, 2.24) is 24.5 Å². The Hall–Kier alpha value is -4.13. The molecule has 2 aromatic heterocycles. The van der Waals surface area contributed by atoms with Crippen molar-refractivity contribution in [1.29, 1.82) is 0 Å². The molecule has 6 rings (SSSR count). The lowest BCUT2D eigenvalue weighted by Gasteiger charge is -2.34. The molecule has 0 radical (unpaired) electrons. The number of alkyl halides is 2. The van der Waals surface area contributed by atoms with E-state index in [-0.39, 0.29) is 35.4 Å². The van der Waals surface area contributed by atoms with Crippen LogP contribution >= 0.6 is 0 Å². The zero-order valence-corrected chi connectivity index (χ0v) is 18.1. The predicted octanol–water partition coefficient (Wildman–Crippen LogP) is 2.21. The molecule has 1 saturated heterocycles. The summed E-state index contributed by atoms with van der Waals surface area (Å²) in [6, 6.07) is 8.85. The molecule has 0 atom stereocenters. The maximum atomic E-state index is 13.5. The summed E-state index contributed by atoms with van der Waals surface area (Å²) in [4.78, 5) is 24.8. The Balaban J connectivity index is 1.20. The summed E-state index contributed by atoms with van der Waals surface area (Å²) < 4.78 is 51.0. The molecule has 0 unspecified atom stereocenters. The molecule has 0 spiro atoms. The molecular formula is C22H18F3N7O3. The number of halogens is 3. The van der Waals surface area contributed by atoms with Crippen molar-refractivity contribution in [2.75, 3.05) is 36.8 Å². The number of nitrogens with two attached hydrogens (primary N) is 1. The summed E-state index contributed by atoms with van der Waals surface area (Å²) in [6.45, 7) is 1.71. The van der Waals surface area contributed by atoms with Crippen LogP contribution in [0.4, 0.5) is 24.8 Å². The Kier molecular flexibility index (Phi) is 4.71. The predicted molar refractivity (Wildman–Crippen MR) is 118 cm³/mol. The second-order valence-corrected chi connectivity index (χ2v) is 8.24. The van der Waals surface area contributed by atoms with Crippen molar-refractivity contribution in [3.05, 3.63) is 48.0 Å². The molecule has 10 nitrogen and oxygen atoms in total. The third kappa shape index (κ3) is 3.73. The number of fused-ring (bicyclic) bond motifs is 5. The Labute approximate surface area is 195 Å². The molecule has 0 saturated carbocycles. The van der Waals surface area contributed by atoms with Gasteiger partial charge in [-0.3, -0.25) is 9.69 Å². The molecule has 13 heteroatoms. The number of hydrogen-bond donors (Lipinski definition) is 1. The van der Waals surface area contributed by atoms with Gasteiger partial charge in [0.05, 0.1) is 6.54 Å². The monoisotopic (exact) mass is 485 g/mol. The van der Waals surface area contributed by atoms with E-state index in [0.717, 1.165) is 0 Å². The molecule has 35 heavy (non-hydrogen) atoms. The number of benzene rings is 2. The Bertz CT molecular complexity index is 1490. The van der Waals surface area contributed by atoms with E-state index in [0.29, 0.717) is 48.6 Å². The van der Waals surface area contributed by atoms with Crippen LogP contribution in [0.25, 0.3) is 16.6 Å². The third-order valence-electron chi connectivity index (χ3n) is 5.95. The first-order chi connectivity index (χ1) is 16.8. The van der Waals surface area contributed by atoms with Gasteiger partial charge in [0, 0.05) is 37.1 Å². The summed E-state index contributed by atoms with van der Waals surface area (Å²) >= 11 is 0. The lowest BCUT2D eigenvalue weighted by atomic mass is 10.2. The first kappa shape index (κ1) is 21.4. The van der Waals surface area contributed by atoms with Crippen molar-refractivity contribution in [2.45, 2.75) is 12.7 Å². The lowest BCUT2D eigenvalue weighted by Crippen LogP contribution is -2.51. The smallest absolute Gasteiger partial charge is 0.395 e. The summed E-state index contributed by atoms with van der Waals surface area (Å²) in [5.74, 6) is -0.459. The first-order valence-electron chi connectivity index (χ1n) is 10.8. The van der Waals surface area contributed by atoms with E-state index in [4.69, 9.17) is 5.73 Å². The largest absolute Gasteiger partial charge is 0.586 e. The van der Waals surface area contributed by atoms with Crippen molar-refractivity contribution < 1.29 is 27.4 Å². The molecule has 1 amide bonds. The lowest BCUT2D eigenvalue weighted by molar-refractivity contribution is -0.286. The van der Waals surface area contributed by atoms with Gasteiger partial charge in [0.1, 0.15) is 11.3 Å². The van der Waals surface area contributed by atoms with Gasteiger partial charge in [0.15, 0.2) is 23.0 Å². The van der Waals surface area contributed by atoms with E-state index in [1.165, 1.54) is 22.7 Å². The molecule has 4 aromatic rings. The van der Waals surface area contributed by atoms with Gasteiger partial charge in [-0.25, -0.2) is 14.4 Å². The number of carbonyl (C=O) groups is 1. The van der Waals surface area contributed by atoms with Crippen LogP contribution in [-0.2, 0) is 11.2 Å². The molecule has 0 aliphatic carbocycles. The molecule has 4 heterocycles. The van der Waals surface area contributed by atoms with E-state index in [9.17, 15) is 18.0 Å². The van der Waals surface area contributed by atoms with Crippen molar-refractivity contribution in [3.8, 4) is 11.5 Å². The van der Waals surface area contributed by atoms with Gasteiger partial charge in [0.2, 0.25) is 11.9 Å². The number of rotatable bonds is 4. The average Bonchev–Trinajstić information content (AvgIpc) is 3.38. The SMILES string of the molecule is Nc1nc2c3c(ccc2c2nc(CCN4CCN(c5cccc(F)c5)C(=O)C4)nn12)OC(F)(F)O3. The van der Waals surface area contributed by atoms with Crippen LogP contribution in [0.3, 0.4) is 0 Å². The van der Waals surface area contributed by atoms with Gasteiger partial charge in [0.25, 0.3) is 0 Å². The second kappa shape index (κ2) is 7.70. The normalized spacial score (nSPS) is 17.6. The summed E-state index contributed by atoms with van der Waals surface area (Å²) in [5.41, 5.74) is 6.99. The zero-order valence-electron chi connectivity index (χ0n) is 18.1. The van der Waals surface area contributed by atoms with Gasteiger partial charge in [-0.05, 0) is 30.3 Å². The number of hydrogen-bond acceptors (Lipinski definition) is 8. The fraction of sp³-hybridized carbons (Fsp3) is 0.273. The molecular weight excluding hydrogens is 467 g/mol. The highest BCUT2D eigenvalue weighted by atomic mass is 19.3. The van der Waals surface area contributed by atoms with Crippen LogP contribution in [0.15, 0.2) is 36.4 Å². The average molecular weight is 485 g/mol. The Morgan fingerprint density at radius 3 is 2.77 bits per heavy atom. The van der Waals surface area contributed by atoms with E-state index in [1.54, 1.807) is 23.1 Å². The van der Waals surface area contributed by atoms with E-state index < -0.39 is 12.1 Å². The number of carbonyl (C=O) groups excluding carboxylic acids is 1. The molecule has 0 bridgehead atoms. The van der Waals surface area contributed by atoms with E-state index >= 15 is 0 Å². The van der Waals surface area contributed by atoms with Gasteiger partial charge in [-0.15, -0.1) is 13.9 Å². The van der Waals surface area contributed by atoms with Crippen LogP contribution in [-0.4, -0.2) is 62.9 Å². The number of piperazine rings is 1. The van der Waals surface area contributed by atoms with Gasteiger partial charge in [-0.1, -0.05) is 6.07 Å². The number of amides is 1. The minimum Gasteiger partial charge on any atom is -0.395 e. The molecule has 2 N–H and O–H groups in total. The quantitative estimate of drug-likeness (QED) is 0.469. The molecule has 2 aliphatic heterocycles. The van der Waals surface area contributed by atoms with Gasteiger partial charge >= 0.3 is 6.29 Å². The topological polar surface area (TPSA) is 111 Å². The maximum Gasteiger partial charge on any atom is 0.586 e. The minimum atomic E-state index is -3.78. The fourth-order valence-electron chi connectivity index (χ4n) is 4.34. The summed E-state index contributed by atoms with van der Waals surface area (Å²) in [5, 5.41) is 4.82. The third-order valence-corrected chi connectivity index (χ3v) is 5.95. The van der Waals surface area contributed by atoms with Crippen molar-refractivity contribution in [2.24, 2.45) is 0 Å². The standard InChI is InChI=1S/C22H18F3N7O3/c23-12-2-1-3-13(10-12)31-9-8-30(11-17(31)33)7-6-16-27-20-14-4-5-15-19(35-22(24,25)34-15)18(14)28-21(26)32(20)29-16/h1-5,10H,6-9,11H2,(H2,26,28). The number of anilines is 2. The van der Waals surface area contributed by atoms with Crippen molar-refractivity contribution in [3.63, 3.8) is 0 Å². The highest BCUT2D eigenvalue weighted by molar-refractivity contribution is 5.98. The highest BCUT2D eigenvalue weighted by Crippen LogP contribution is 2.45. The van der Waals surface area contributed by atoms with Gasteiger partial charge in [-0.2, -0.15) is 4.52 Å². The highest BCUT2D eigenvalue weighted by Gasteiger charge is 2.45.